The Morgan fingerprint density at radius 3 is 2.57 bits per heavy atom. The van der Waals surface area contributed by atoms with Gasteiger partial charge in [0.25, 0.3) is 0 Å². The zero-order chi connectivity index (χ0) is 15.5. The van der Waals surface area contributed by atoms with E-state index in [9.17, 15) is 13.2 Å². The van der Waals surface area contributed by atoms with E-state index in [1.165, 1.54) is 24.5 Å². The molecule has 1 N–H and O–H groups in total. The number of aliphatic hydroxyl groups is 1. The lowest BCUT2D eigenvalue weighted by atomic mass is 10.2. The maximum Gasteiger partial charge on any atom is 0.573 e. The third kappa shape index (κ3) is 4.33. The molecule has 0 atom stereocenters. The van der Waals surface area contributed by atoms with E-state index in [2.05, 4.69) is 25.7 Å². The van der Waals surface area contributed by atoms with Gasteiger partial charge in [-0.1, -0.05) is 0 Å². The fourth-order valence-corrected chi connectivity index (χ4v) is 1.95. The number of rotatable bonds is 4. The highest BCUT2D eigenvalue weighted by atomic mass is 79.9. The van der Waals surface area contributed by atoms with Crippen molar-refractivity contribution in [2.24, 2.45) is 0 Å². The van der Waals surface area contributed by atoms with Crippen molar-refractivity contribution in [2.45, 2.75) is 13.0 Å². The van der Waals surface area contributed by atoms with Crippen molar-refractivity contribution in [3.63, 3.8) is 0 Å². The summed E-state index contributed by atoms with van der Waals surface area (Å²) in [7, 11) is 0. The molecule has 0 amide bonds. The summed E-state index contributed by atoms with van der Waals surface area (Å²) in [6, 6.07) is 5.34. The Labute approximate surface area is 126 Å². The number of pyridine rings is 1. The second-order valence-electron chi connectivity index (χ2n) is 3.88. The lowest BCUT2D eigenvalue weighted by Gasteiger charge is -2.13. The molecule has 0 saturated heterocycles. The van der Waals surface area contributed by atoms with Gasteiger partial charge in [-0.05, 0) is 40.2 Å². The van der Waals surface area contributed by atoms with Crippen LogP contribution in [0.25, 0.3) is 0 Å². The highest BCUT2D eigenvalue weighted by Crippen LogP contribution is 2.35. The molecule has 0 aliphatic carbocycles. The van der Waals surface area contributed by atoms with Gasteiger partial charge in [-0.15, -0.1) is 13.2 Å². The summed E-state index contributed by atoms with van der Waals surface area (Å²) in [5, 5.41) is 9.15. The SMILES string of the molecule is OCc1cnccc1Oc1ccc(OC(F)(F)F)c(Br)c1. The third-order valence-electron chi connectivity index (χ3n) is 2.39. The van der Waals surface area contributed by atoms with E-state index in [-0.39, 0.29) is 22.6 Å². The summed E-state index contributed by atoms with van der Waals surface area (Å²) >= 11 is 2.98. The van der Waals surface area contributed by atoms with Crippen LogP contribution in [-0.4, -0.2) is 16.5 Å². The summed E-state index contributed by atoms with van der Waals surface area (Å²) in [6.07, 6.45) is -1.85. The number of aliphatic hydroxyl groups excluding tert-OH is 1. The van der Waals surface area contributed by atoms with Crippen LogP contribution < -0.4 is 9.47 Å². The van der Waals surface area contributed by atoms with Gasteiger partial charge < -0.3 is 14.6 Å². The minimum Gasteiger partial charge on any atom is -0.457 e. The predicted octanol–water partition coefficient (Wildman–Crippen LogP) is 4.03. The van der Waals surface area contributed by atoms with Gasteiger partial charge in [0.05, 0.1) is 11.1 Å². The fourth-order valence-electron chi connectivity index (χ4n) is 1.51. The van der Waals surface area contributed by atoms with Crippen molar-refractivity contribution in [1.29, 1.82) is 0 Å². The van der Waals surface area contributed by atoms with Crippen molar-refractivity contribution >= 4 is 15.9 Å². The van der Waals surface area contributed by atoms with Crippen LogP contribution in [0.15, 0.2) is 41.1 Å². The van der Waals surface area contributed by atoms with E-state index < -0.39 is 6.36 Å². The lowest BCUT2D eigenvalue weighted by molar-refractivity contribution is -0.274. The Morgan fingerprint density at radius 2 is 1.95 bits per heavy atom. The highest BCUT2D eigenvalue weighted by molar-refractivity contribution is 9.10. The number of nitrogens with zero attached hydrogens (tertiary/aromatic N) is 1. The number of ether oxygens (including phenoxy) is 2. The van der Waals surface area contributed by atoms with E-state index in [0.717, 1.165) is 6.07 Å². The van der Waals surface area contributed by atoms with Gasteiger partial charge in [0.15, 0.2) is 0 Å². The van der Waals surface area contributed by atoms with E-state index in [1.54, 1.807) is 6.07 Å². The van der Waals surface area contributed by atoms with Crippen LogP contribution >= 0.6 is 15.9 Å². The minimum atomic E-state index is -4.76. The summed E-state index contributed by atoms with van der Waals surface area (Å²) in [5.41, 5.74) is 0.462. The number of alkyl halides is 3. The number of benzene rings is 1. The van der Waals surface area contributed by atoms with Crippen LogP contribution in [0.3, 0.4) is 0 Å². The van der Waals surface area contributed by atoms with Crippen molar-refractivity contribution in [2.75, 3.05) is 0 Å². The van der Waals surface area contributed by atoms with Crippen molar-refractivity contribution in [3.05, 3.63) is 46.7 Å². The second-order valence-corrected chi connectivity index (χ2v) is 4.74. The smallest absolute Gasteiger partial charge is 0.457 e. The molecule has 2 aromatic rings. The van der Waals surface area contributed by atoms with E-state index in [0.29, 0.717) is 11.3 Å². The molecule has 4 nitrogen and oxygen atoms in total. The summed E-state index contributed by atoms with van der Waals surface area (Å²) in [5.74, 6) is 0.285. The maximum absolute atomic E-state index is 12.2. The predicted molar refractivity (Wildman–Crippen MR) is 71.1 cm³/mol. The molecule has 21 heavy (non-hydrogen) atoms. The first-order valence-corrected chi connectivity index (χ1v) is 6.45. The number of hydrogen-bond donors (Lipinski definition) is 1. The molecule has 1 heterocycles. The fraction of sp³-hybridized carbons (Fsp3) is 0.154. The second kappa shape index (κ2) is 6.31. The van der Waals surface area contributed by atoms with Crippen LogP contribution in [-0.2, 0) is 6.61 Å². The topological polar surface area (TPSA) is 51.6 Å². The van der Waals surface area contributed by atoms with Gasteiger partial charge >= 0.3 is 6.36 Å². The third-order valence-corrected chi connectivity index (χ3v) is 3.01. The van der Waals surface area contributed by atoms with E-state index >= 15 is 0 Å². The first-order valence-electron chi connectivity index (χ1n) is 5.66. The molecule has 112 valence electrons. The highest BCUT2D eigenvalue weighted by Gasteiger charge is 2.32. The molecule has 0 bridgehead atoms. The molecule has 1 aromatic heterocycles. The molecule has 0 spiro atoms. The minimum absolute atomic E-state index is 0.0944. The molecule has 0 radical (unpaired) electrons. The quantitative estimate of drug-likeness (QED) is 0.890. The molecule has 0 fully saturated rings. The lowest BCUT2D eigenvalue weighted by Crippen LogP contribution is -2.17. The van der Waals surface area contributed by atoms with Crippen LogP contribution in [0.5, 0.6) is 17.2 Å². The number of aromatic nitrogens is 1. The van der Waals surface area contributed by atoms with Crippen LogP contribution in [0, 0.1) is 0 Å². The molecule has 2 rings (SSSR count). The number of hydrogen-bond acceptors (Lipinski definition) is 4. The van der Waals surface area contributed by atoms with Gasteiger partial charge in [0.1, 0.15) is 17.2 Å². The average Bonchev–Trinajstić information content (AvgIpc) is 2.41. The molecular weight excluding hydrogens is 355 g/mol. The van der Waals surface area contributed by atoms with Gasteiger partial charge in [0, 0.05) is 18.0 Å². The Balaban J connectivity index is 2.21. The number of halogens is 4. The zero-order valence-corrected chi connectivity index (χ0v) is 12.0. The maximum atomic E-state index is 12.2. The molecule has 0 aliphatic heterocycles. The molecule has 0 unspecified atom stereocenters. The molecule has 0 saturated carbocycles. The Kier molecular flexibility index (Phi) is 4.69. The summed E-state index contributed by atoms with van der Waals surface area (Å²) in [4.78, 5) is 3.84. The Bertz CT molecular complexity index is 634. The van der Waals surface area contributed by atoms with Crippen molar-refractivity contribution in [1.82, 2.24) is 4.98 Å². The van der Waals surface area contributed by atoms with Crippen LogP contribution in [0.2, 0.25) is 0 Å². The van der Waals surface area contributed by atoms with Gasteiger partial charge in [-0.3, -0.25) is 4.98 Å². The van der Waals surface area contributed by atoms with E-state index in [4.69, 9.17) is 9.84 Å². The standard InChI is InChI=1S/C13H9BrF3NO3/c14-10-5-9(1-2-12(10)21-13(15,16)17)20-11-3-4-18-6-8(11)7-19/h1-6,19H,7H2. The average molecular weight is 364 g/mol. The first-order chi connectivity index (χ1) is 9.89. The molecular formula is C13H9BrF3NO3. The largest absolute Gasteiger partial charge is 0.573 e. The molecule has 8 heteroatoms. The molecule has 0 aliphatic rings. The van der Waals surface area contributed by atoms with Crippen molar-refractivity contribution in [3.8, 4) is 17.2 Å². The zero-order valence-electron chi connectivity index (χ0n) is 10.4. The van der Waals surface area contributed by atoms with Gasteiger partial charge in [-0.25, -0.2) is 0 Å². The van der Waals surface area contributed by atoms with Crippen molar-refractivity contribution < 1.29 is 27.8 Å². The van der Waals surface area contributed by atoms with Crippen LogP contribution in [0.4, 0.5) is 13.2 Å². The van der Waals surface area contributed by atoms with Crippen LogP contribution in [0.1, 0.15) is 5.56 Å². The summed E-state index contributed by atoms with van der Waals surface area (Å²) < 4.78 is 45.9. The monoisotopic (exact) mass is 363 g/mol. The first kappa shape index (κ1) is 15.6. The summed E-state index contributed by atoms with van der Waals surface area (Å²) in [6.45, 7) is -0.264. The normalized spacial score (nSPS) is 11.3. The van der Waals surface area contributed by atoms with E-state index in [1.807, 2.05) is 0 Å². The Hall–Kier alpha value is -1.80. The van der Waals surface area contributed by atoms with Gasteiger partial charge in [0.2, 0.25) is 0 Å². The molecule has 1 aromatic carbocycles. The Morgan fingerprint density at radius 1 is 1.19 bits per heavy atom. The van der Waals surface area contributed by atoms with Gasteiger partial charge in [-0.2, -0.15) is 0 Å².